The van der Waals surface area contributed by atoms with Crippen LogP contribution in [0.2, 0.25) is 0 Å². The fourth-order valence-corrected chi connectivity index (χ4v) is 5.50. The molecule has 1 aliphatic carbocycles. The van der Waals surface area contributed by atoms with Crippen LogP contribution in [0.1, 0.15) is 52.0 Å². The Balaban J connectivity index is 1.69. The second kappa shape index (κ2) is 10.9. The Bertz CT molecular complexity index is 1030. The quantitative estimate of drug-likeness (QED) is 0.430. The molecule has 6 heteroatoms. The zero-order chi connectivity index (χ0) is 23.2. The molecule has 2 fully saturated rings. The zero-order valence-corrected chi connectivity index (χ0v) is 20.4. The summed E-state index contributed by atoms with van der Waals surface area (Å²) in [6, 6.07) is 15.9. The molecule has 2 aromatic rings. The van der Waals surface area contributed by atoms with Gasteiger partial charge >= 0.3 is 0 Å². The van der Waals surface area contributed by atoms with Crippen LogP contribution in [0.4, 0.5) is 5.69 Å². The molecule has 0 unspecified atom stereocenters. The van der Waals surface area contributed by atoms with Crippen LogP contribution in [0.15, 0.2) is 58.4 Å². The van der Waals surface area contributed by atoms with Gasteiger partial charge in [-0.2, -0.15) is 0 Å². The minimum Gasteiger partial charge on any atom is -0.490 e. The van der Waals surface area contributed by atoms with Gasteiger partial charge in [0.2, 0.25) is 0 Å². The van der Waals surface area contributed by atoms with Gasteiger partial charge in [-0.3, -0.25) is 9.69 Å². The monoisotopic (exact) mass is 464 g/mol. The van der Waals surface area contributed by atoms with Crippen LogP contribution in [0.5, 0.6) is 11.5 Å². The minimum atomic E-state index is 0.0419. The molecule has 1 saturated heterocycles. The fraction of sp³-hybridized carbons (Fsp3) is 0.407. The van der Waals surface area contributed by atoms with Crippen molar-refractivity contribution in [2.75, 3.05) is 13.2 Å². The van der Waals surface area contributed by atoms with E-state index in [1.54, 1.807) is 0 Å². The highest BCUT2D eigenvalue weighted by molar-refractivity contribution is 8.18. The number of rotatable bonds is 7. The first-order valence-corrected chi connectivity index (χ1v) is 12.7. The second-order valence-electron chi connectivity index (χ2n) is 8.42. The Labute approximate surface area is 200 Å². The summed E-state index contributed by atoms with van der Waals surface area (Å²) < 4.78 is 11.5. The van der Waals surface area contributed by atoms with Gasteiger partial charge in [0.25, 0.3) is 5.91 Å². The van der Waals surface area contributed by atoms with Gasteiger partial charge in [0, 0.05) is 6.04 Å². The number of hydrogen-bond acceptors (Lipinski definition) is 5. The van der Waals surface area contributed by atoms with Crippen LogP contribution >= 0.6 is 11.8 Å². The molecule has 0 aromatic heterocycles. The number of benzene rings is 2. The number of amides is 1. The first-order valence-electron chi connectivity index (χ1n) is 11.9. The summed E-state index contributed by atoms with van der Waals surface area (Å²) in [5.74, 6) is 1.91. The van der Waals surface area contributed by atoms with E-state index in [1.165, 1.54) is 18.2 Å². The molecule has 33 heavy (non-hydrogen) atoms. The van der Waals surface area contributed by atoms with Crippen molar-refractivity contribution < 1.29 is 14.3 Å². The summed E-state index contributed by atoms with van der Waals surface area (Å²) in [5.41, 5.74) is 1.78. The van der Waals surface area contributed by atoms with E-state index in [1.807, 2.05) is 73.4 Å². The lowest BCUT2D eigenvalue weighted by atomic mass is 9.85. The van der Waals surface area contributed by atoms with E-state index in [9.17, 15) is 4.79 Å². The van der Waals surface area contributed by atoms with Crippen LogP contribution in [-0.2, 0) is 4.79 Å². The molecule has 2 aliphatic rings. The van der Waals surface area contributed by atoms with Crippen molar-refractivity contribution in [2.45, 2.75) is 52.5 Å². The Morgan fingerprint density at radius 2 is 1.76 bits per heavy atom. The Hall–Kier alpha value is -2.73. The van der Waals surface area contributed by atoms with Crippen LogP contribution in [0, 0.1) is 5.92 Å². The molecule has 2 aromatic carbocycles. The zero-order valence-electron chi connectivity index (χ0n) is 19.6. The number of ether oxygens (including phenoxy) is 2. The number of carbonyl (C=O) groups is 1. The van der Waals surface area contributed by atoms with Gasteiger partial charge in [0.1, 0.15) is 0 Å². The van der Waals surface area contributed by atoms with Gasteiger partial charge in [-0.05, 0) is 80.3 Å². The van der Waals surface area contributed by atoms with E-state index in [0.717, 1.165) is 41.4 Å². The second-order valence-corrected chi connectivity index (χ2v) is 9.43. The lowest BCUT2D eigenvalue weighted by Crippen LogP contribution is -2.44. The number of hydrogen-bond donors (Lipinski definition) is 0. The maximum Gasteiger partial charge on any atom is 0.267 e. The Morgan fingerprint density at radius 1 is 1.03 bits per heavy atom. The lowest BCUT2D eigenvalue weighted by molar-refractivity contribution is -0.124. The average Bonchev–Trinajstić information content (AvgIpc) is 3.11. The summed E-state index contributed by atoms with van der Waals surface area (Å²) in [4.78, 5) is 21.2. The summed E-state index contributed by atoms with van der Waals surface area (Å²) in [7, 11) is 0. The third kappa shape index (κ3) is 5.44. The number of carbonyl (C=O) groups excluding carboxylic acids is 1. The standard InChI is InChI=1S/C27H32N2O3S/c1-4-31-23-16-15-20(17-24(23)32-5-2)18-25-26(30)29(22-14-10-9-11-19(22)3)27(33-25)28-21-12-7-6-8-13-21/h6-8,12-13,15-19,22H,4-5,9-11,14H2,1-3H3/b25-18-,28-27?/t19-,22-/m1/s1. The molecule has 0 bridgehead atoms. The van der Waals surface area contributed by atoms with E-state index < -0.39 is 0 Å². The molecule has 0 radical (unpaired) electrons. The predicted octanol–water partition coefficient (Wildman–Crippen LogP) is 6.67. The third-order valence-electron chi connectivity index (χ3n) is 6.08. The lowest BCUT2D eigenvalue weighted by Gasteiger charge is -2.35. The number of para-hydroxylation sites is 1. The minimum absolute atomic E-state index is 0.0419. The van der Waals surface area contributed by atoms with E-state index in [2.05, 4.69) is 6.92 Å². The molecule has 0 spiro atoms. The van der Waals surface area contributed by atoms with Gasteiger partial charge in [0.15, 0.2) is 16.7 Å². The highest BCUT2D eigenvalue weighted by Crippen LogP contribution is 2.40. The van der Waals surface area contributed by atoms with Crippen molar-refractivity contribution in [1.82, 2.24) is 4.90 Å². The van der Waals surface area contributed by atoms with E-state index in [4.69, 9.17) is 14.5 Å². The van der Waals surface area contributed by atoms with Crippen LogP contribution in [-0.4, -0.2) is 35.2 Å². The van der Waals surface area contributed by atoms with Gasteiger partial charge in [0.05, 0.1) is 23.8 Å². The molecule has 2 atom stereocenters. The normalized spacial score (nSPS) is 23.4. The number of aliphatic imine (C=N–C) groups is 1. The van der Waals surface area contributed by atoms with Crippen LogP contribution < -0.4 is 9.47 Å². The van der Waals surface area contributed by atoms with E-state index in [0.29, 0.717) is 29.8 Å². The predicted molar refractivity (Wildman–Crippen MR) is 136 cm³/mol. The topological polar surface area (TPSA) is 51.1 Å². The summed E-state index contributed by atoms with van der Waals surface area (Å²) in [6.07, 6.45) is 6.49. The van der Waals surface area contributed by atoms with Crippen molar-refractivity contribution in [3.05, 3.63) is 59.0 Å². The maximum absolute atomic E-state index is 13.6. The maximum atomic E-state index is 13.6. The number of thioether (sulfide) groups is 1. The first-order chi connectivity index (χ1) is 16.1. The van der Waals surface area contributed by atoms with Crippen LogP contribution in [0.25, 0.3) is 6.08 Å². The molecular weight excluding hydrogens is 432 g/mol. The first kappa shape index (κ1) is 23.4. The smallest absolute Gasteiger partial charge is 0.267 e. The van der Waals surface area contributed by atoms with Gasteiger partial charge in [-0.15, -0.1) is 0 Å². The van der Waals surface area contributed by atoms with Gasteiger partial charge in [-0.25, -0.2) is 4.99 Å². The van der Waals surface area contributed by atoms with Crippen molar-refractivity contribution in [2.24, 2.45) is 10.9 Å². The molecule has 5 nitrogen and oxygen atoms in total. The highest BCUT2D eigenvalue weighted by atomic mass is 32.2. The van der Waals surface area contributed by atoms with E-state index >= 15 is 0 Å². The largest absolute Gasteiger partial charge is 0.490 e. The van der Waals surface area contributed by atoms with Gasteiger partial charge in [-0.1, -0.05) is 44.0 Å². The number of nitrogens with zero attached hydrogens (tertiary/aromatic N) is 2. The molecule has 1 saturated carbocycles. The molecular formula is C27H32N2O3S. The summed E-state index contributed by atoms with van der Waals surface area (Å²) in [5, 5.41) is 0.771. The molecule has 1 aliphatic heterocycles. The Kier molecular flexibility index (Phi) is 7.76. The summed E-state index contributed by atoms with van der Waals surface area (Å²) in [6.45, 7) is 7.28. The molecule has 1 heterocycles. The van der Waals surface area contributed by atoms with E-state index in [-0.39, 0.29) is 11.9 Å². The van der Waals surface area contributed by atoms with Crippen molar-refractivity contribution >= 4 is 34.6 Å². The molecule has 0 N–H and O–H groups in total. The highest BCUT2D eigenvalue weighted by Gasteiger charge is 2.41. The Morgan fingerprint density at radius 3 is 2.48 bits per heavy atom. The van der Waals surface area contributed by atoms with Crippen molar-refractivity contribution in [3.63, 3.8) is 0 Å². The number of amidine groups is 1. The molecule has 174 valence electrons. The average molecular weight is 465 g/mol. The van der Waals surface area contributed by atoms with Crippen LogP contribution in [0.3, 0.4) is 0 Å². The summed E-state index contributed by atoms with van der Waals surface area (Å²) >= 11 is 1.46. The van der Waals surface area contributed by atoms with Gasteiger partial charge < -0.3 is 9.47 Å². The van der Waals surface area contributed by atoms with Crippen molar-refractivity contribution in [3.8, 4) is 11.5 Å². The third-order valence-corrected chi connectivity index (χ3v) is 7.06. The SMILES string of the molecule is CCOc1ccc(/C=C2\SC(=Nc3ccccc3)N([C@@H]3CCCC[C@H]3C)C2=O)cc1OCC. The fourth-order valence-electron chi connectivity index (χ4n) is 4.46. The molecule has 1 amide bonds. The molecule has 4 rings (SSSR count). The van der Waals surface area contributed by atoms with Crippen molar-refractivity contribution in [1.29, 1.82) is 0 Å².